The van der Waals surface area contributed by atoms with Gasteiger partial charge in [-0.2, -0.15) is 5.26 Å². The summed E-state index contributed by atoms with van der Waals surface area (Å²) in [6.07, 6.45) is 2.95. The van der Waals surface area contributed by atoms with Crippen LogP contribution in [0.25, 0.3) is 0 Å². The van der Waals surface area contributed by atoms with E-state index in [1.165, 1.54) is 12.4 Å². The van der Waals surface area contributed by atoms with Crippen LogP contribution in [0.15, 0.2) is 42.7 Å². The summed E-state index contributed by atoms with van der Waals surface area (Å²) in [6, 6.07) is 10.1. The number of amides is 1. The molecule has 2 rings (SSSR count). The summed E-state index contributed by atoms with van der Waals surface area (Å²) in [5.41, 5.74) is 2.03. The number of carbonyl (C=O) groups is 1. The zero-order chi connectivity index (χ0) is 15.1. The highest BCUT2D eigenvalue weighted by molar-refractivity contribution is 6.04. The normalized spacial score (nSPS) is 9.14. The van der Waals surface area contributed by atoms with E-state index in [9.17, 15) is 4.79 Å². The lowest BCUT2D eigenvalue weighted by Gasteiger charge is -2.05. The number of nitrogens with zero attached hydrogens (tertiary/aromatic N) is 2. The van der Waals surface area contributed by atoms with Gasteiger partial charge in [0, 0.05) is 23.6 Å². The molecule has 0 unspecified atom stereocenters. The summed E-state index contributed by atoms with van der Waals surface area (Å²) in [6.45, 7) is -0.248. The minimum Gasteiger partial charge on any atom is -0.384 e. The first-order chi connectivity index (χ1) is 10.2. The second kappa shape index (κ2) is 6.85. The number of aliphatic hydroxyl groups is 1. The topological polar surface area (TPSA) is 86.0 Å². The van der Waals surface area contributed by atoms with Crippen LogP contribution in [0.4, 0.5) is 5.69 Å². The van der Waals surface area contributed by atoms with Crippen molar-refractivity contribution in [2.75, 3.05) is 11.9 Å². The van der Waals surface area contributed by atoms with Gasteiger partial charge in [0.15, 0.2) is 0 Å². The number of pyridine rings is 1. The van der Waals surface area contributed by atoms with Crippen LogP contribution in [0.5, 0.6) is 0 Å². The van der Waals surface area contributed by atoms with E-state index in [-0.39, 0.29) is 12.5 Å². The Morgan fingerprint density at radius 2 is 2.00 bits per heavy atom. The molecule has 0 aliphatic carbocycles. The van der Waals surface area contributed by atoms with E-state index in [0.717, 1.165) is 0 Å². The molecule has 5 heteroatoms. The van der Waals surface area contributed by atoms with Crippen molar-refractivity contribution in [1.82, 2.24) is 4.98 Å². The number of carbonyl (C=O) groups excluding carboxylic acids is 1. The summed E-state index contributed by atoms with van der Waals surface area (Å²) >= 11 is 0. The van der Waals surface area contributed by atoms with Crippen LogP contribution in [-0.2, 0) is 0 Å². The average molecular weight is 277 g/mol. The Hall–Kier alpha value is -3.15. The number of nitriles is 1. The molecule has 0 aliphatic heterocycles. The number of aliphatic hydroxyl groups excluding tert-OH is 1. The van der Waals surface area contributed by atoms with Crippen molar-refractivity contribution >= 4 is 11.6 Å². The fourth-order valence-corrected chi connectivity index (χ4v) is 1.61. The van der Waals surface area contributed by atoms with Crippen LogP contribution in [0.2, 0.25) is 0 Å². The number of hydrogen-bond donors (Lipinski definition) is 2. The molecular weight excluding hydrogens is 266 g/mol. The molecule has 0 aliphatic rings. The van der Waals surface area contributed by atoms with Crippen LogP contribution in [0, 0.1) is 23.2 Å². The fraction of sp³-hybridized carbons (Fsp3) is 0.0625. The maximum Gasteiger partial charge on any atom is 0.257 e. The number of nitrogens with one attached hydrogen (secondary N) is 1. The third-order valence-corrected chi connectivity index (χ3v) is 2.58. The Labute approximate surface area is 121 Å². The van der Waals surface area contributed by atoms with Crippen LogP contribution in [-0.4, -0.2) is 22.6 Å². The van der Waals surface area contributed by atoms with E-state index >= 15 is 0 Å². The number of hydrogen-bond acceptors (Lipinski definition) is 4. The predicted molar refractivity (Wildman–Crippen MR) is 77.3 cm³/mol. The van der Waals surface area contributed by atoms with Crippen molar-refractivity contribution < 1.29 is 9.90 Å². The molecule has 1 aromatic heterocycles. The van der Waals surface area contributed by atoms with Gasteiger partial charge >= 0.3 is 0 Å². The van der Waals surface area contributed by atoms with Crippen molar-refractivity contribution in [2.45, 2.75) is 0 Å². The van der Waals surface area contributed by atoms with Crippen LogP contribution < -0.4 is 5.32 Å². The lowest BCUT2D eigenvalue weighted by Crippen LogP contribution is -2.12. The van der Waals surface area contributed by atoms with Gasteiger partial charge in [-0.15, -0.1) is 0 Å². The Bertz CT molecular complexity index is 750. The van der Waals surface area contributed by atoms with Gasteiger partial charge in [-0.05, 0) is 30.3 Å². The van der Waals surface area contributed by atoms with Gasteiger partial charge in [-0.25, -0.2) is 0 Å². The van der Waals surface area contributed by atoms with Crippen LogP contribution in [0.1, 0.15) is 21.5 Å². The Morgan fingerprint density at radius 3 is 2.67 bits per heavy atom. The van der Waals surface area contributed by atoms with Gasteiger partial charge in [-0.1, -0.05) is 11.8 Å². The van der Waals surface area contributed by atoms with E-state index in [4.69, 9.17) is 10.4 Å². The highest BCUT2D eigenvalue weighted by Gasteiger charge is 2.07. The van der Waals surface area contributed by atoms with Gasteiger partial charge in [0.25, 0.3) is 5.91 Å². The summed E-state index contributed by atoms with van der Waals surface area (Å²) in [5.74, 6) is 4.87. The molecule has 0 spiro atoms. The van der Waals surface area contributed by atoms with Gasteiger partial charge in [-0.3, -0.25) is 9.78 Å². The Kier molecular flexibility index (Phi) is 4.66. The summed E-state index contributed by atoms with van der Waals surface area (Å²) in [7, 11) is 0. The summed E-state index contributed by atoms with van der Waals surface area (Å²) < 4.78 is 0. The smallest absolute Gasteiger partial charge is 0.257 e. The summed E-state index contributed by atoms with van der Waals surface area (Å²) in [4.78, 5) is 16.0. The molecule has 2 N–H and O–H groups in total. The van der Waals surface area contributed by atoms with Crippen LogP contribution >= 0.6 is 0 Å². The monoisotopic (exact) mass is 277 g/mol. The average Bonchev–Trinajstić information content (AvgIpc) is 2.54. The Morgan fingerprint density at radius 1 is 1.24 bits per heavy atom. The molecule has 21 heavy (non-hydrogen) atoms. The quantitative estimate of drug-likeness (QED) is 0.815. The lowest BCUT2D eigenvalue weighted by atomic mass is 10.2. The van der Waals surface area contributed by atoms with E-state index < -0.39 is 0 Å². The number of rotatable bonds is 2. The second-order valence-electron chi connectivity index (χ2n) is 4.07. The highest BCUT2D eigenvalue weighted by Crippen LogP contribution is 2.11. The minimum atomic E-state index is -0.320. The van der Waals surface area contributed by atoms with Crippen molar-refractivity contribution in [3.8, 4) is 17.9 Å². The fourth-order valence-electron chi connectivity index (χ4n) is 1.61. The molecule has 1 heterocycles. The molecule has 2 aromatic rings. The number of benzene rings is 1. The number of aromatic nitrogens is 1. The van der Waals surface area contributed by atoms with E-state index in [2.05, 4.69) is 22.1 Å². The first kappa shape index (κ1) is 14.3. The van der Waals surface area contributed by atoms with Crippen molar-refractivity contribution in [2.24, 2.45) is 0 Å². The molecule has 0 atom stereocenters. The maximum absolute atomic E-state index is 12.1. The molecule has 5 nitrogen and oxygen atoms in total. The van der Waals surface area contributed by atoms with Crippen molar-refractivity contribution in [3.63, 3.8) is 0 Å². The zero-order valence-corrected chi connectivity index (χ0v) is 11.0. The SMILES string of the molecule is N#Cc1ccc(NC(=O)c2cncc(C#CCO)c2)cc1. The molecule has 102 valence electrons. The standard InChI is InChI=1S/C16H11N3O2/c17-9-12-3-5-15(6-4-12)19-16(21)14-8-13(2-1-7-20)10-18-11-14/h3-6,8,10-11,20H,7H2,(H,19,21). The van der Waals surface area contributed by atoms with E-state index in [1.807, 2.05) is 6.07 Å². The van der Waals surface area contributed by atoms with Gasteiger partial charge < -0.3 is 10.4 Å². The van der Waals surface area contributed by atoms with E-state index in [0.29, 0.717) is 22.4 Å². The second-order valence-corrected chi connectivity index (χ2v) is 4.07. The highest BCUT2D eigenvalue weighted by atomic mass is 16.2. The van der Waals surface area contributed by atoms with Crippen LogP contribution in [0.3, 0.4) is 0 Å². The molecule has 0 saturated heterocycles. The molecule has 0 radical (unpaired) electrons. The van der Waals surface area contributed by atoms with Gasteiger partial charge in [0.2, 0.25) is 0 Å². The van der Waals surface area contributed by atoms with E-state index in [1.54, 1.807) is 30.3 Å². The largest absolute Gasteiger partial charge is 0.384 e. The predicted octanol–water partition coefficient (Wildman–Crippen LogP) is 1.55. The van der Waals surface area contributed by atoms with Gasteiger partial charge in [0.05, 0.1) is 17.2 Å². The molecule has 1 amide bonds. The Balaban J connectivity index is 2.14. The first-order valence-electron chi connectivity index (χ1n) is 6.09. The molecule has 0 saturated carbocycles. The first-order valence-corrected chi connectivity index (χ1v) is 6.09. The van der Waals surface area contributed by atoms with Crippen molar-refractivity contribution in [3.05, 3.63) is 59.4 Å². The third kappa shape index (κ3) is 3.90. The molecular formula is C16H11N3O2. The zero-order valence-electron chi connectivity index (χ0n) is 11.0. The molecule has 0 bridgehead atoms. The summed E-state index contributed by atoms with van der Waals surface area (Å²) in [5, 5.41) is 20.1. The molecule has 0 fully saturated rings. The third-order valence-electron chi connectivity index (χ3n) is 2.58. The minimum absolute atomic E-state index is 0.248. The maximum atomic E-state index is 12.1. The van der Waals surface area contributed by atoms with Crippen molar-refractivity contribution in [1.29, 1.82) is 5.26 Å². The van der Waals surface area contributed by atoms with Gasteiger partial charge in [0.1, 0.15) is 6.61 Å². The number of anilines is 1. The molecule has 1 aromatic carbocycles. The lowest BCUT2D eigenvalue weighted by molar-refractivity contribution is 0.102.